The van der Waals surface area contributed by atoms with E-state index >= 15 is 0 Å². The molecule has 2 heteroatoms. The molecule has 2 nitrogen and oxygen atoms in total. The molecule has 33 heavy (non-hydrogen) atoms. The lowest BCUT2D eigenvalue weighted by Gasteiger charge is -2.59. The van der Waals surface area contributed by atoms with Gasteiger partial charge in [-0.15, -0.1) is 0 Å². The maximum atomic E-state index is 10.8. The molecule has 3 fully saturated rings. The first kappa shape index (κ1) is 23.9. The Morgan fingerprint density at radius 3 is 2.61 bits per heavy atom. The van der Waals surface area contributed by atoms with Crippen molar-refractivity contribution in [2.24, 2.45) is 40.4 Å². The van der Waals surface area contributed by atoms with Crippen molar-refractivity contribution in [3.05, 3.63) is 35.5 Å². The molecule has 0 aromatic carbocycles. The summed E-state index contributed by atoms with van der Waals surface area (Å²) in [6.07, 6.45) is 22.8. The molecule has 9 atom stereocenters. The first-order chi connectivity index (χ1) is 15.6. The molecule has 0 spiro atoms. The normalized spacial score (nSPS) is 46.5. The summed E-state index contributed by atoms with van der Waals surface area (Å²) in [6, 6.07) is 0. The second-order valence-corrected chi connectivity index (χ2v) is 13.4. The number of rotatable bonds is 5. The highest BCUT2D eigenvalue weighted by atomic mass is 16.3. The molecule has 1 unspecified atom stereocenters. The average Bonchev–Trinajstić information content (AvgIpc) is 3.15. The maximum Gasteiger partial charge on any atom is 0.0753 e. The van der Waals surface area contributed by atoms with Gasteiger partial charge in [-0.2, -0.15) is 0 Å². The monoisotopic (exact) mass is 452 g/mol. The summed E-state index contributed by atoms with van der Waals surface area (Å²) in [4.78, 5) is 0. The van der Waals surface area contributed by atoms with E-state index < -0.39 is 5.60 Å². The maximum absolute atomic E-state index is 10.8. The topological polar surface area (TPSA) is 40.5 Å². The van der Waals surface area contributed by atoms with Crippen LogP contribution in [0.4, 0.5) is 0 Å². The first-order valence-corrected chi connectivity index (χ1v) is 14.1. The van der Waals surface area contributed by atoms with Gasteiger partial charge in [0.2, 0.25) is 0 Å². The molecule has 0 aliphatic heterocycles. The lowest BCUT2D eigenvalue weighted by molar-refractivity contribution is -0.0708. The van der Waals surface area contributed by atoms with Crippen LogP contribution >= 0.6 is 0 Å². The van der Waals surface area contributed by atoms with Crippen molar-refractivity contribution in [1.29, 1.82) is 0 Å². The lowest BCUT2D eigenvalue weighted by Crippen LogP contribution is -2.52. The van der Waals surface area contributed by atoms with Crippen LogP contribution in [0.2, 0.25) is 0 Å². The molecule has 0 saturated heterocycles. The Labute approximate surface area is 202 Å². The highest BCUT2D eigenvalue weighted by molar-refractivity contribution is 5.27. The van der Waals surface area contributed by atoms with Gasteiger partial charge < -0.3 is 10.2 Å². The van der Waals surface area contributed by atoms with Gasteiger partial charge in [-0.25, -0.2) is 0 Å². The van der Waals surface area contributed by atoms with Crippen LogP contribution < -0.4 is 0 Å². The van der Waals surface area contributed by atoms with Crippen molar-refractivity contribution in [1.82, 2.24) is 0 Å². The summed E-state index contributed by atoms with van der Waals surface area (Å²) < 4.78 is 0. The molecule has 0 radical (unpaired) electrons. The van der Waals surface area contributed by atoms with Crippen molar-refractivity contribution in [2.75, 3.05) is 0 Å². The predicted octanol–water partition coefficient (Wildman–Crippen LogP) is 7.37. The zero-order valence-corrected chi connectivity index (χ0v) is 21.7. The molecular weight excluding hydrogens is 404 g/mol. The summed E-state index contributed by atoms with van der Waals surface area (Å²) in [6.45, 7) is 9.70. The number of hydrogen-bond donors (Lipinski definition) is 2. The van der Waals surface area contributed by atoms with E-state index in [1.165, 1.54) is 44.1 Å². The Morgan fingerprint density at radius 2 is 1.85 bits per heavy atom. The Kier molecular flexibility index (Phi) is 6.26. The second-order valence-electron chi connectivity index (χ2n) is 13.4. The van der Waals surface area contributed by atoms with Gasteiger partial charge in [0.1, 0.15) is 0 Å². The Balaban J connectivity index is 1.27. The van der Waals surface area contributed by atoms with E-state index in [1.807, 2.05) is 6.92 Å². The van der Waals surface area contributed by atoms with Crippen molar-refractivity contribution < 1.29 is 10.2 Å². The van der Waals surface area contributed by atoms with Crippen molar-refractivity contribution in [3.63, 3.8) is 0 Å². The molecule has 5 rings (SSSR count). The first-order valence-electron chi connectivity index (χ1n) is 14.1. The number of hydrogen-bond acceptors (Lipinski definition) is 2. The van der Waals surface area contributed by atoms with Crippen LogP contribution in [0.3, 0.4) is 0 Å². The minimum atomic E-state index is -0.496. The smallest absolute Gasteiger partial charge is 0.0753 e. The Morgan fingerprint density at radius 1 is 1.03 bits per heavy atom. The predicted molar refractivity (Wildman–Crippen MR) is 137 cm³/mol. The molecule has 0 amide bonds. The van der Waals surface area contributed by atoms with E-state index in [0.717, 1.165) is 62.2 Å². The van der Waals surface area contributed by atoms with Gasteiger partial charge >= 0.3 is 0 Å². The number of allylic oxidation sites excluding steroid dienone is 4. The fourth-order valence-corrected chi connectivity index (χ4v) is 9.49. The van der Waals surface area contributed by atoms with Gasteiger partial charge in [0.05, 0.1) is 11.7 Å². The fraction of sp³-hybridized carbons (Fsp3) is 0.806. The summed E-state index contributed by atoms with van der Waals surface area (Å²) >= 11 is 0. The van der Waals surface area contributed by atoms with Crippen LogP contribution in [0, 0.1) is 40.4 Å². The van der Waals surface area contributed by atoms with Gasteiger partial charge in [0.25, 0.3) is 0 Å². The molecule has 0 heterocycles. The quantitative estimate of drug-likeness (QED) is 0.427. The molecule has 184 valence electrons. The van der Waals surface area contributed by atoms with E-state index in [-0.39, 0.29) is 6.10 Å². The number of aliphatic hydroxyl groups is 2. The fourth-order valence-electron chi connectivity index (χ4n) is 9.49. The van der Waals surface area contributed by atoms with Gasteiger partial charge in [0, 0.05) is 0 Å². The number of fused-ring (bicyclic) bond motifs is 5. The standard InChI is InChI=1S/C31H48O2/c1-21(10-15-28(32)22-8-6-5-7-9-22)25-13-14-26-24-12-11-23-20-29(2,33)18-19-30(23,3)27(24)16-17-31(25,26)4/h5-6,8,11,21,24-28,32-33H,7,9-10,12-20H2,1-4H3/t21-,24+,25-,26+,27+,28?,29+,30+,31-/m1/s1. The van der Waals surface area contributed by atoms with E-state index in [2.05, 4.69) is 45.1 Å². The van der Waals surface area contributed by atoms with E-state index in [4.69, 9.17) is 0 Å². The molecule has 5 aliphatic rings. The minimum Gasteiger partial charge on any atom is -0.390 e. The van der Waals surface area contributed by atoms with Gasteiger partial charge in [-0.3, -0.25) is 0 Å². The molecule has 0 aromatic rings. The van der Waals surface area contributed by atoms with Crippen molar-refractivity contribution in [2.45, 2.75) is 116 Å². The third-order valence-electron chi connectivity index (χ3n) is 11.5. The van der Waals surface area contributed by atoms with Crippen molar-refractivity contribution in [3.8, 4) is 0 Å². The van der Waals surface area contributed by atoms with Gasteiger partial charge in [-0.05, 0) is 130 Å². The SMILES string of the molecule is C[C@H](CCC(O)C1=CC=CCC1)[C@H]1CC[C@H]2[C@@H]3CC=C4C[C@@](C)(O)CC[C@]4(C)[C@H]3CC[C@]12C. The lowest BCUT2D eigenvalue weighted by atomic mass is 9.46. The van der Waals surface area contributed by atoms with Crippen LogP contribution in [-0.2, 0) is 0 Å². The third kappa shape index (κ3) is 4.12. The molecule has 0 bridgehead atoms. The zero-order valence-electron chi connectivity index (χ0n) is 21.7. The van der Waals surface area contributed by atoms with Crippen LogP contribution in [-0.4, -0.2) is 21.9 Å². The van der Waals surface area contributed by atoms with Crippen LogP contribution in [0.1, 0.15) is 105 Å². The Hall–Kier alpha value is -0.860. The molecule has 0 aromatic heterocycles. The molecule has 5 aliphatic carbocycles. The summed E-state index contributed by atoms with van der Waals surface area (Å²) in [7, 11) is 0. The van der Waals surface area contributed by atoms with E-state index in [9.17, 15) is 10.2 Å². The molecule has 3 saturated carbocycles. The molecule has 2 N–H and O–H groups in total. The highest BCUT2D eigenvalue weighted by Gasteiger charge is 2.59. The summed E-state index contributed by atoms with van der Waals surface area (Å²) in [5.41, 5.74) is 3.12. The highest BCUT2D eigenvalue weighted by Crippen LogP contribution is 2.67. The second kappa shape index (κ2) is 8.66. The summed E-state index contributed by atoms with van der Waals surface area (Å²) in [5, 5.41) is 21.5. The van der Waals surface area contributed by atoms with E-state index in [1.54, 1.807) is 5.57 Å². The van der Waals surface area contributed by atoms with Crippen LogP contribution in [0.5, 0.6) is 0 Å². The van der Waals surface area contributed by atoms with Crippen LogP contribution in [0.25, 0.3) is 0 Å². The van der Waals surface area contributed by atoms with Gasteiger partial charge in [-0.1, -0.05) is 50.6 Å². The Bertz CT molecular complexity index is 834. The summed E-state index contributed by atoms with van der Waals surface area (Å²) in [5.74, 6) is 4.01. The van der Waals surface area contributed by atoms with Crippen LogP contribution in [0.15, 0.2) is 35.5 Å². The third-order valence-corrected chi connectivity index (χ3v) is 11.5. The van der Waals surface area contributed by atoms with Gasteiger partial charge in [0.15, 0.2) is 0 Å². The minimum absolute atomic E-state index is 0.247. The largest absolute Gasteiger partial charge is 0.390 e. The number of aliphatic hydroxyl groups excluding tert-OH is 1. The van der Waals surface area contributed by atoms with E-state index in [0.29, 0.717) is 16.7 Å². The molecular formula is C31H48O2. The van der Waals surface area contributed by atoms with Crippen molar-refractivity contribution >= 4 is 0 Å². The zero-order chi connectivity index (χ0) is 23.4. The average molecular weight is 453 g/mol.